The van der Waals surface area contributed by atoms with E-state index in [0.717, 1.165) is 17.9 Å². The summed E-state index contributed by atoms with van der Waals surface area (Å²) in [6, 6.07) is 10.8. The summed E-state index contributed by atoms with van der Waals surface area (Å²) in [6.07, 6.45) is 1.09. The van der Waals surface area contributed by atoms with Crippen LogP contribution >= 0.6 is 11.3 Å². The maximum absolute atomic E-state index is 5.45. The fourth-order valence-electron chi connectivity index (χ4n) is 2.31. The minimum absolute atomic E-state index is 0.208. The van der Waals surface area contributed by atoms with E-state index < -0.39 is 0 Å². The van der Waals surface area contributed by atoms with Crippen LogP contribution in [0, 0.1) is 0 Å². The summed E-state index contributed by atoms with van der Waals surface area (Å²) in [5.74, 6) is 1.67. The molecular weight excluding hydrogens is 258 g/mol. The highest BCUT2D eigenvalue weighted by atomic mass is 32.1. The fourth-order valence-corrected chi connectivity index (χ4v) is 3.40. The molecule has 0 fully saturated rings. The van der Waals surface area contributed by atoms with E-state index in [4.69, 9.17) is 9.47 Å². The zero-order chi connectivity index (χ0) is 13.2. The molecule has 3 nitrogen and oxygen atoms in total. The van der Waals surface area contributed by atoms with Crippen LogP contribution < -0.4 is 14.8 Å². The van der Waals surface area contributed by atoms with Crippen molar-refractivity contribution in [3.63, 3.8) is 0 Å². The van der Waals surface area contributed by atoms with Crippen LogP contribution in [0.3, 0.4) is 0 Å². The van der Waals surface area contributed by atoms with E-state index in [2.05, 4.69) is 36.5 Å². The summed E-state index contributed by atoms with van der Waals surface area (Å²) >= 11 is 1.86. The van der Waals surface area contributed by atoms with Crippen molar-refractivity contribution in [3.05, 3.63) is 45.6 Å². The predicted molar refractivity (Wildman–Crippen MR) is 77.2 cm³/mol. The molecule has 100 valence electrons. The average Bonchev–Trinajstić information content (AvgIpc) is 3.07. The molecule has 0 aliphatic carbocycles. The first-order valence-corrected chi connectivity index (χ1v) is 7.29. The van der Waals surface area contributed by atoms with Gasteiger partial charge in [-0.05, 0) is 43.3 Å². The van der Waals surface area contributed by atoms with E-state index in [0.29, 0.717) is 6.79 Å². The van der Waals surface area contributed by atoms with E-state index in [9.17, 15) is 0 Å². The molecule has 1 atom stereocenters. The third-order valence-corrected chi connectivity index (χ3v) is 4.63. The van der Waals surface area contributed by atoms with Gasteiger partial charge >= 0.3 is 0 Å². The number of fused-ring (bicyclic) bond motifs is 1. The first-order valence-electron chi connectivity index (χ1n) is 6.47. The molecular formula is C15H17NO2S. The van der Waals surface area contributed by atoms with Gasteiger partial charge < -0.3 is 14.8 Å². The molecule has 0 amide bonds. The fraction of sp³-hybridized carbons (Fsp3) is 0.333. The molecule has 1 aromatic carbocycles. The van der Waals surface area contributed by atoms with Gasteiger partial charge in [0.15, 0.2) is 11.5 Å². The number of rotatable bonds is 4. The smallest absolute Gasteiger partial charge is 0.231 e. The van der Waals surface area contributed by atoms with Crippen LogP contribution in [0.2, 0.25) is 0 Å². The highest BCUT2D eigenvalue weighted by molar-refractivity contribution is 7.12. The molecule has 0 radical (unpaired) electrons. The molecule has 1 aliphatic heterocycles. The second-order valence-corrected chi connectivity index (χ2v) is 5.69. The van der Waals surface area contributed by atoms with Gasteiger partial charge in [-0.2, -0.15) is 0 Å². The number of ether oxygens (including phenoxy) is 2. The molecule has 0 bridgehead atoms. The van der Waals surface area contributed by atoms with Crippen molar-refractivity contribution < 1.29 is 9.47 Å². The number of hydrogen-bond acceptors (Lipinski definition) is 4. The van der Waals surface area contributed by atoms with Crippen molar-refractivity contribution in [2.24, 2.45) is 0 Å². The lowest BCUT2D eigenvalue weighted by atomic mass is 10.0. The zero-order valence-corrected chi connectivity index (χ0v) is 11.9. The number of benzene rings is 1. The van der Waals surface area contributed by atoms with Gasteiger partial charge in [0.2, 0.25) is 6.79 Å². The number of nitrogens with one attached hydrogen (secondary N) is 1. The van der Waals surface area contributed by atoms with E-state index in [1.165, 1.54) is 15.3 Å². The van der Waals surface area contributed by atoms with Crippen LogP contribution in [-0.2, 0) is 6.42 Å². The summed E-state index contributed by atoms with van der Waals surface area (Å²) in [5, 5.41) is 3.38. The van der Waals surface area contributed by atoms with Crippen LogP contribution in [0.25, 0.3) is 0 Å². The third kappa shape index (κ3) is 2.33. The van der Waals surface area contributed by atoms with Crippen LogP contribution in [0.15, 0.2) is 30.3 Å². The summed E-state index contributed by atoms with van der Waals surface area (Å²) in [6.45, 7) is 2.51. The lowest BCUT2D eigenvalue weighted by Crippen LogP contribution is -2.16. The predicted octanol–water partition coefficient (Wildman–Crippen LogP) is 3.35. The van der Waals surface area contributed by atoms with Gasteiger partial charge in [0.25, 0.3) is 0 Å². The Hall–Kier alpha value is -1.52. The van der Waals surface area contributed by atoms with Crippen LogP contribution in [0.1, 0.15) is 28.3 Å². The molecule has 0 saturated heterocycles. The van der Waals surface area contributed by atoms with Gasteiger partial charge in [-0.1, -0.05) is 13.0 Å². The lowest BCUT2D eigenvalue weighted by molar-refractivity contribution is 0.174. The van der Waals surface area contributed by atoms with Gasteiger partial charge in [0, 0.05) is 9.75 Å². The highest BCUT2D eigenvalue weighted by Gasteiger charge is 2.19. The Labute approximate surface area is 117 Å². The van der Waals surface area contributed by atoms with Crippen molar-refractivity contribution >= 4 is 11.3 Å². The Morgan fingerprint density at radius 3 is 2.79 bits per heavy atom. The zero-order valence-electron chi connectivity index (χ0n) is 11.1. The molecule has 1 unspecified atom stereocenters. The van der Waals surface area contributed by atoms with Gasteiger partial charge in [-0.3, -0.25) is 0 Å². The van der Waals surface area contributed by atoms with Gasteiger partial charge in [-0.25, -0.2) is 0 Å². The molecule has 2 heterocycles. The summed E-state index contributed by atoms with van der Waals surface area (Å²) in [5.41, 5.74) is 1.20. The minimum Gasteiger partial charge on any atom is -0.454 e. The Morgan fingerprint density at radius 1 is 1.21 bits per heavy atom. The molecule has 3 rings (SSSR count). The largest absolute Gasteiger partial charge is 0.454 e. The lowest BCUT2D eigenvalue weighted by Gasteiger charge is -2.15. The monoisotopic (exact) mass is 275 g/mol. The number of hydrogen-bond donors (Lipinski definition) is 1. The topological polar surface area (TPSA) is 30.5 Å². The van der Waals surface area contributed by atoms with Gasteiger partial charge in [0.1, 0.15) is 0 Å². The second kappa shape index (κ2) is 5.23. The summed E-state index contributed by atoms with van der Waals surface area (Å²) < 4.78 is 10.8. The highest BCUT2D eigenvalue weighted by Crippen LogP contribution is 2.36. The number of thiophene rings is 1. The quantitative estimate of drug-likeness (QED) is 0.928. The maximum atomic E-state index is 5.45. The summed E-state index contributed by atoms with van der Waals surface area (Å²) in [7, 11) is 1.99. The third-order valence-electron chi connectivity index (χ3n) is 3.33. The van der Waals surface area contributed by atoms with E-state index >= 15 is 0 Å². The van der Waals surface area contributed by atoms with Crippen molar-refractivity contribution in [3.8, 4) is 11.5 Å². The summed E-state index contributed by atoms with van der Waals surface area (Å²) in [4.78, 5) is 2.74. The van der Waals surface area contributed by atoms with Crippen molar-refractivity contribution in [2.75, 3.05) is 13.8 Å². The second-order valence-electron chi connectivity index (χ2n) is 4.49. The first-order chi connectivity index (χ1) is 9.31. The van der Waals surface area contributed by atoms with Crippen LogP contribution in [0.4, 0.5) is 0 Å². The molecule has 19 heavy (non-hydrogen) atoms. The van der Waals surface area contributed by atoms with Gasteiger partial charge in [-0.15, -0.1) is 11.3 Å². The van der Waals surface area contributed by atoms with E-state index in [-0.39, 0.29) is 6.04 Å². The van der Waals surface area contributed by atoms with Crippen LogP contribution in [-0.4, -0.2) is 13.8 Å². The Kier molecular flexibility index (Phi) is 3.44. The standard InChI is InChI=1S/C15H17NO2S/c1-3-11-5-7-14(19-11)15(16-2)10-4-6-12-13(8-10)18-9-17-12/h4-8,15-16H,3,9H2,1-2H3. The molecule has 1 N–H and O–H groups in total. The van der Waals surface area contributed by atoms with Crippen molar-refractivity contribution in [2.45, 2.75) is 19.4 Å². The van der Waals surface area contributed by atoms with Crippen molar-refractivity contribution in [1.29, 1.82) is 0 Å². The minimum atomic E-state index is 0.208. The molecule has 0 saturated carbocycles. The van der Waals surface area contributed by atoms with Gasteiger partial charge in [0.05, 0.1) is 6.04 Å². The normalized spacial score (nSPS) is 14.6. The molecule has 0 spiro atoms. The van der Waals surface area contributed by atoms with Crippen LogP contribution in [0.5, 0.6) is 11.5 Å². The van der Waals surface area contributed by atoms with E-state index in [1.807, 2.05) is 24.5 Å². The Morgan fingerprint density at radius 2 is 2.05 bits per heavy atom. The number of aryl methyl sites for hydroxylation is 1. The maximum Gasteiger partial charge on any atom is 0.231 e. The Bertz CT molecular complexity index is 579. The average molecular weight is 275 g/mol. The molecule has 1 aromatic heterocycles. The van der Waals surface area contributed by atoms with E-state index in [1.54, 1.807) is 0 Å². The SMILES string of the molecule is CCc1ccc(C(NC)c2ccc3c(c2)OCO3)s1. The molecule has 1 aliphatic rings. The Balaban J connectivity index is 1.93. The first kappa shape index (κ1) is 12.5. The van der Waals surface area contributed by atoms with Crippen molar-refractivity contribution in [1.82, 2.24) is 5.32 Å². The molecule has 4 heteroatoms. The molecule has 2 aromatic rings.